The Morgan fingerprint density at radius 1 is 1.05 bits per heavy atom. The van der Waals surface area contributed by atoms with E-state index >= 15 is 0 Å². The van der Waals surface area contributed by atoms with Crippen molar-refractivity contribution in [3.8, 4) is 5.75 Å². The second-order valence-corrected chi connectivity index (χ2v) is 5.70. The summed E-state index contributed by atoms with van der Waals surface area (Å²) in [6.45, 7) is 2.36. The van der Waals surface area contributed by atoms with Crippen molar-refractivity contribution in [3.63, 3.8) is 0 Å². The standard InChI is InChI=1S/C14H14FNO3S/c1-2-19-13-7-9-14(10-8-13)20(17,18)16-12-5-3-11(15)4-6-12/h3-10,16H,2H2,1H3. The molecule has 0 bridgehead atoms. The number of ether oxygens (including phenoxy) is 1. The quantitative estimate of drug-likeness (QED) is 0.922. The number of nitrogens with one attached hydrogen (secondary N) is 1. The summed E-state index contributed by atoms with van der Waals surface area (Å²) in [6.07, 6.45) is 0. The molecular formula is C14H14FNO3S. The van der Waals surface area contributed by atoms with Crippen molar-refractivity contribution in [2.24, 2.45) is 0 Å². The van der Waals surface area contributed by atoms with Gasteiger partial charge in [-0.05, 0) is 55.5 Å². The summed E-state index contributed by atoms with van der Waals surface area (Å²) in [6, 6.07) is 11.2. The van der Waals surface area contributed by atoms with Gasteiger partial charge in [-0.1, -0.05) is 0 Å². The van der Waals surface area contributed by atoms with Gasteiger partial charge in [0.05, 0.1) is 11.5 Å². The number of sulfonamides is 1. The minimum atomic E-state index is -3.69. The van der Waals surface area contributed by atoms with Crippen molar-refractivity contribution in [3.05, 3.63) is 54.3 Å². The number of halogens is 1. The highest BCUT2D eigenvalue weighted by molar-refractivity contribution is 7.92. The van der Waals surface area contributed by atoms with E-state index in [1.165, 1.54) is 36.4 Å². The lowest BCUT2D eigenvalue weighted by Crippen LogP contribution is -2.12. The molecule has 1 N–H and O–H groups in total. The van der Waals surface area contributed by atoms with Gasteiger partial charge in [0.25, 0.3) is 10.0 Å². The molecule has 2 rings (SSSR count). The molecule has 6 heteroatoms. The Labute approximate surface area is 117 Å². The largest absolute Gasteiger partial charge is 0.494 e. The molecule has 2 aromatic carbocycles. The fraction of sp³-hybridized carbons (Fsp3) is 0.143. The monoisotopic (exact) mass is 295 g/mol. The molecule has 0 spiro atoms. The molecule has 4 nitrogen and oxygen atoms in total. The molecule has 0 aliphatic carbocycles. The first-order chi connectivity index (χ1) is 9.51. The van der Waals surface area contributed by atoms with Crippen molar-refractivity contribution in [2.45, 2.75) is 11.8 Å². The summed E-state index contributed by atoms with van der Waals surface area (Å²) in [4.78, 5) is 0.116. The van der Waals surface area contributed by atoms with E-state index in [4.69, 9.17) is 4.74 Å². The first-order valence-corrected chi connectivity index (χ1v) is 7.51. The summed E-state index contributed by atoms with van der Waals surface area (Å²) in [7, 11) is -3.69. The van der Waals surface area contributed by atoms with Crippen molar-refractivity contribution >= 4 is 15.7 Å². The van der Waals surface area contributed by atoms with E-state index in [-0.39, 0.29) is 4.90 Å². The summed E-state index contributed by atoms with van der Waals surface area (Å²) < 4.78 is 44.6. The van der Waals surface area contributed by atoms with Gasteiger partial charge in [-0.2, -0.15) is 0 Å². The number of hydrogen-bond donors (Lipinski definition) is 1. The molecule has 0 fully saturated rings. The van der Waals surface area contributed by atoms with Gasteiger partial charge in [0, 0.05) is 5.69 Å². The molecular weight excluding hydrogens is 281 g/mol. The Balaban J connectivity index is 2.19. The van der Waals surface area contributed by atoms with E-state index in [0.717, 1.165) is 0 Å². The van der Waals surface area contributed by atoms with Gasteiger partial charge in [0.1, 0.15) is 11.6 Å². The fourth-order valence-electron chi connectivity index (χ4n) is 1.61. The Hall–Kier alpha value is -2.08. The molecule has 0 heterocycles. The van der Waals surface area contributed by atoms with Crippen molar-refractivity contribution in [2.75, 3.05) is 11.3 Å². The summed E-state index contributed by atoms with van der Waals surface area (Å²) >= 11 is 0. The lowest BCUT2D eigenvalue weighted by atomic mass is 10.3. The third-order valence-corrected chi connectivity index (χ3v) is 3.94. The Morgan fingerprint density at radius 2 is 1.65 bits per heavy atom. The van der Waals surface area contributed by atoms with Crippen LogP contribution in [0.25, 0.3) is 0 Å². The van der Waals surface area contributed by atoms with Crippen molar-refractivity contribution in [1.82, 2.24) is 0 Å². The average molecular weight is 295 g/mol. The van der Waals surface area contributed by atoms with Crippen LogP contribution in [-0.4, -0.2) is 15.0 Å². The fourth-order valence-corrected chi connectivity index (χ4v) is 2.67. The average Bonchev–Trinajstić information content (AvgIpc) is 2.42. The molecule has 106 valence electrons. The van der Waals surface area contributed by atoms with E-state index in [9.17, 15) is 12.8 Å². The molecule has 0 saturated heterocycles. The highest BCUT2D eigenvalue weighted by Crippen LogP contribution is 2.19. The van der Waals surface area contributed by atoms with Crippen LogP contribution in [-0.2, 0) is 10.0 Å². The van der Waals surface area contributed by atoms with Gasteiger partial charge < -0.3 is 4.74 Å². The van der Waals surface area contributed by atoms with Crippen molar-refractivity contribution in [1.29, 1.82) is 0 Å². The zero-order valence-electron chi connectivity index (χ0n) is 10.8. The number of hydrogen-bond acceptors (Lipinski definition) is 3. The number of rotatable bonds is 5. The Morgan fingerprint density at radius 3 is 2.20 bits per heavy atom. The third-order valence-electron chi connectivity index (χ3n) is 2.54. The Kier molecular flexibility index (Phi) is 4.24. The SMILES string of the molecule is CCOc1ccc(S(=O)(=O)Nc2ccc(F)cc2)cc1. The molecule has 0 aromatic heterocycles. The summed E-state index contributed by atoms with van der Waals surface area (Å²) in [5, 5.41) is 0. The number of anilines is 1. The van der Waals surface area contributed by atoms with E-state index in [0.29, 0.717) is 18.0 Å². The predicted molar refractivity (Wildman–Crippen MR) is 74.8 cm³/mol. The van der Waals surface area contributed by atoms with Crippen LogP contribution in [0.2, 0.25) is 0 Å². The zero-order valence-corrected chi connectivity index (χ0v) is 11.7. The zero-order chi connectivity index (χ0) is 14.6. The maximum Gasteiger partial charge on any atom is 0.261 e. The highest BCUT2D eigenvalue weighted by Gasteiger charge is 2.14. The van der Waals surface area contributed by atoms with Gasteiger partial charge in [-0.25, -0.2) is 12.8 Å². The van der Waals surface area contributed by atoms with Crippen LogP contribution in [0, 0.1) is 5.82 Å². The molecule has 20 heavy (non-hydrogen) atoms. The van der Waals surface area contributed by atoms with Gasteiger partial charge in [0.2, 0.25) is 0 Å². The van der Waals surface area contributed by atoms with E-state index in [1.807, 2.05) is 6.92 Å². The minimum absolute atomic E-state index is 0.116. The van der Waals surface area contributed by atoms with Gasteiger partial charge in [-0.3, -0.25) is 4.72 Å². The van der Waals surface area contributed by atoms with E-state index in [2.05, 4.69) is 4.72 Å². The van der Waals surface area contributed by atoms with Crippen LogP contribution in [0.1, 0.15) is 6.92 Å². The molecule has 0 saturated carbocycles. The third kappa shape index (κ3) is 3.48. The van der Waals surface area contributed by atoms with Crippen LogP contribution in [0.15, 0.2) is 53.4 Å². The molecule has 0 aliphatic heterocycles. The maximum absolute atomic E-state index is 12.8. The summed E-state index contributed by atoms with van der Waals surface area (Å²) in [5.74, 6) is 0.183. The second-order valence-electron chi connectivity index (χ2n) is 4.02. The van der Waals surface area contributed by atoms with Crippen LogP contribution < -0.4 is 9.46 Å². The topological polar surface area (TPSA) is 55.4 Å². The van der Waals surface area contributed by atoms with Gasteiger partial charge in [0.15, 0.2) is 0 Å². The van der Waals surface area contributed by atoms with Crippen LogP contribution in [0.3, 0.4) is 0 Å². The minimum Gasteiger partial charge on any atom is -0.494 e. The normalized spacial score (nSPS) is 11.1. The second kappa shape index (κ2) is 5.92. The van der Waals surface area contributed by atoms with E-state index in [1.54, 1.807) is 12.1 Å². The predicted octanol–water partition coefficient (Wildman–Crippen LogP) is 3.03. The van der Waals surface area contributed by atoms with Gasteiger partial charge in [-0.15, -0.1) is 0 Å². The van der Waals surface area contributed by atoms with Crippen LogP contribution in [0.5, 0.6) is 5.75 Å². The number of benzene rings is 2. The van der Waals surface area contributed by atoms with Crippen LogP contribution >= 0.6 is 0 Å². The first-order valence-electron chi connectivity index (χ1n) is 6.02. The highest BCUT2D eigenvalue weighted by atomic mass is 32.2. The molecule has 2 aromatic rings. The molecule has 0 atom stereocenters. The molecule has 0 aliphatic rings. The molecule has 0 radical (unpaired) electrons. The lowest BCUT2D eigenvalue weighted by molar-refractivity contribution is 0.340. The maximum atomic E-state index is 12.8. The molecule has 0 unspecified atom stereocenters. The lowest BCUT2D eigenvalue weighted by Gasteiger charge is -2.09. The Bertz CT molecular complexity index is 667. The smallest absolute Gasteiger partial charge is 0.261 e. The molecule has 0 amide bonds. The van der Waals surface area contributed by atoms with E-state index < -0.39 is 15.8 Å². The van der Waals surface area contributed by atoms with Crippen molar-refractivity contribution < 1.29 is 17.5 Å². The van der Waals surface area contributed by atoms with Gasteiger partial charge >= 0.3 is 0 Å². The summed E-state index contributed by atoms with van der Waals surface area (Å²) in [5.41, 5.74) is 0.306. The first kappa shape index (κ1) is 14.3. The van der Waals surface area contributed by atoms with Crippen LogP contribution in [0.4, 0.5) is 10.1 Å².